The van der Waals surface area contributed by atoms with E-state index in [1.165, 1.54) is 0 Å². The van der Waals surface area contributed by atoms with Gasteiger partial charge in [-0.3, -0.25) is 14.6 Å². The molecule has 0 bridgehead atoms. The van der Waals surface area contributed by atoms with Crippen LogP contribution in [0.3, 0.4) is 0 Å². The molecule has 0 aliphatic carbocycles. The van der Waals surface area contributed by atoms with Gasteiger partial charge in [-0.15, -0.1) is 0 Å². The smallest absolute Gasteiger partial charge is 0.313 e. The van der Waals surface area contributed by atoms with Gasteiger partial charge in [-0.2, -0.15) is 0 Å². The minimum Gasteiger partial charge on any atom is -0.347 e. The summed E-state index contributed by atoms with van der Waals surface area (Å²) in [5, 5.41) is 6.69. The molecule has 0 fully saturated rings. The average Bonchev–Trinajstić information content (AvgIpc) is 2.45. The number of benzene rings is 1. The number of aromatic nitrogens is 1. The van der Waals surface area contributed by atoms with E-state index in [0.29, 0.717) is 5.69 Å². The van der Waals surface area contributed by atoms with Gasteiger partial charge in [0.2, 0.25) is 0 Å². The van der Waals surface area contributed by atoms with Gasteiger partial charge in [-0.25, -0.2) is 0 Å². The van der Waals surface area contributed by atoms with Crippen LogP contribution in [0, 0.1) is 0 Å². The Bertz CT molecular complexity index is 607. The standard InChI is InChI=1S/C13H14N4O2/c14-5-7-16-12(18)13(19)17-11-3-1-2-9-4-6-15-8-10(9)11/h1-4,6,8H,5,7,14H2,(H,16,18)(H,17,19). The molecule has 4 N–H and O–H groups in total. The lowest BCUT2D eigenvalue weighted by Crippen LogP contribution is -2.38. The molecular weight excluding hydrogens is 244 g/mol. The van der Waals surface area contributed by atoms with E-state index < -0.39 is 11.8 Å². The zero-order chi connectivity index (χ0) is 13.7. The summed E-state index contributed by atoms with van der Waals surface area (Å²) in [4.78, 5) is 27.1. The van der Waals surface area contributed by atoms with E-state index in [1.807, 2.05) is 12.1 Å². The fraction of sp³-hybridized carbons (Fsp3) is 0.154. The number of hydrogen-bond donors (Lipinski definition) is 3. The van der Waals surface area contributed by atoms with Crippen LogP contribution in [0.5, 0.6) is 0 Å². The van der Waals surface area contributed by atoms with Gasteiger partial charge in [0.15, 0.2) is 0 Å². The van der Waals surface area contributed by atoms with Gasteiger partial charge in [0.1, 0.15) is 0 Å². The van der Waals surface area contributed by atoms with Crippen LogP contribution < -0.4 is 16.4 Å². The number of nitrogens with zero attached hydrogens (tertiary/aromatic N) is 1. The number of amides is 2. The summed E-state index contributed by atoms with van der Waals surface area (Å²) in [5.41, 5.74) is 5.80. The van der Waals surface area contributed by atoms with Gasteiger partial charge in [0.05, 0.1) is 5.69 Å². The maximum absolute atomic E-state index is 11.7. The van der Waals surface area contributed by atoms with Crippen molar-refractivity contribution in [3.8, 4) is 0 Å². The highest BCUT2D eigenvalue weighted by molar-refractivity contribution is 6.40. The van der Waals surface area contributed by atoms with Crippen LogP contribution in [0.1, 0.15) is 0 Å². The second-order valence-electron chi connectivity index (χ2n) is 3.90. The largest absolute Gasteiger partial charge is 0.347 e. The molecule has 0 saturated carbocycles. The summed E-state index contributed by atoms with van der Waals surface area (Å²) in [6, 6.07) is 7.26. The van der Waals surface area contributed by atoms with Crippen molar-refractivity contribution in [1.29, 1.82) is 0 Å². The molecule has 2 amide bonds. The van der Waals surface area contributed by atoms with Crippen molar-refractivity contribution in [2.45, 2.75) is 0 Å². The molecule has 1 aromatic heterocycles. The first-order chi connectivity index (χ1) is 9.22. The molecule has 1 aromatic carbocycles. The predicted octanol–water partition coefficient (Wildman–Crippen LogP) is 0.248. The molecule has 0 saturated heterocycles. The van der Waals surface area contributed by atoms with Crippen LogP contribution in [0.25, 0.3) is 10.8 Å². The second-order valence-corrected chi connectivity index (χ2v) is 3.90. The molecule has 0 atom stereocenters. The summed E-state index contributed by atoms with van der Waals surface area (Å²) in [7, 11) is 0. The van der Waals surface area contributed by atoms with Gasteiger partial charge in [-0.1, -0.05) is 12.1 Å². The van der Waals surface area contributed by atoms with Crippen LogP contribution >= 0.6 is 0 Å². The molecule has 1 heterocycles. The fourth-order valence-corrected chi connectivity index (χ4v) is 1.67. The third-order valence-corrected chi connectivity index (χ3v) is 2.57. The van der Waals surface area contributed by atoms with E-state index in [2.05, 4.69) is 15.6 Å². The van der Waals surface area contributed by atoms with Gasteiger partial charge >= 0.3 is 11.8 Å². The first-order valence-electron chi connectivity index (χ1n) is 5.84. The van der Waals surface area contributed by atoms with Crippen molar-refractivity contribution in [2.24, 2.45) is 5.73 Å². The number of nitrogens with two attached hydrogens (primary N) is 1. The Hall–Kier alpha value is -2.47. The monoisotopic (exact) mass is 258 g/mol. The van der Waals surface area contributed by atoms with Gasteiger partial charge in [0.25, 0.3) is 0 Å². The van der Waals surface area contributed by atoms with Crippen LogP contribution in [-0.2, 0) is 9.59 Å². The summed E-state index contributed by atoms with van der Waals surface area (Å²) < 4.78 is 0. The van der Waals surface area contributed by atoms with E-state index in [-0.39, 0.29) is 13.1 Å². The Labute approximate surface area is 110 Å². The molecule has 0 aliphatic rings. The van der Waals surface area contributed by atoms with Crippen molar-refractivity contribution < 1.29 is 9.59 Å². The molecule has 19 heavy (non-hydrogen) atoms. The zero-order valence-electron chi connectivity index (χ0n) is 10.2. The molecule has 0 radical (unpaired) electrons. The van der Waals surface area contributed by atoms with Crippen molar-refractivity contribution in [3.05, 3.63) is 36.7 Å². The third-order valence-electron chi connectivity index (χ3n) is 2.57. The Morgan fingerprint density at radius 2 is 2.05 bits per heavy atom. The Morgan fingerprint density at radius 3 is 2.84 bits per heavy atom. The molecule has 6 nitrogen and oxygen atoms in total. The zero-order valence-corrected chi connectivity index (χ0v) is 10.2. The Balaban J connectivity index is 2.17. The molecule has 6 heteroatoms. The number of nitrogens with one attached hydrogen (secondary N) is 2. The summed E-state index contributed by atoms with van der Waals surface area (Å²) in [6.07, 6.45) is 3.31. The van der Waals surface area contributed by atoms with E-state index in [1.54, 1.807) is 24.5 Å². The lowest BCUT2D eigenvalue weighted by Gasteiger charge is -2.08. The number of fused-ring (bicyclic) bond motifs is 1. The molecule has 2 aromatic rings. The first-order valence-corrected chi connectivity index (χ1v) is 5.84. The highest BCUT2D eigenvalue weighted by atomic mass is 16.2. The Kier molecular flexibility index (Phi) is 4.04. The van der Waals surface area contributed by atoms with Crippen LogP contribution in [0.15, 0.2) is 36.7 Å². The molecule has 2 rings (SSSR count). The molecule has 0 aliphatic heterocycles. The first kappa shape index (κ1) is 13.0. The van der Waals surface area contributed by atoms with E-state index in [0.717, 1.165) is 10.8 Å². The predicted molar refractivity (Wildman–Crippen MR) is 72.4 cm³/mol. The number of carbonyl (C=O) groups is 2. The number of carbonyl (C=O) groups excluding carboxylic acids is 2. The van der Waals surface area contributed by atoms with Crippen molar-refractivity contribution in [3.63, 3.8) is 0 Å². The minimum atomic E-state index is -0.718. The molecular formula is C13H14N4O2. The van der Waals surface area contributed by atoms with Crippen molar-refractivity contribution in [2.75, 3.05) is 18.4 Å². The SMILES string of the molecule is NCCNC(=O)C(=O)Nc1cccc2ccncc12. The number of anilines is 1. The average molecular weight is 258 g/mol. The lowest BCUT2D eigenvalue weighted by molar-refractivity contribution is -0.136. The summed E-state index contributed by atoms with van der Waals surface area (Å²) in [6.45, 7) is 0.556. The van der Waals surface area contributed by atoms with Crippen molar-refractivity contribution in [1.82, 2.24) is 10.3 Å². The normalized spacial score (nSPS) is 10.2. The topological polar surface area (TPSA) is 97.1 Å². The number of rotatable bonds is 3. The highest BCUT2D eigenvalue weighted by Crippen LogP contribution is 2.21. The summed E-state index contributed by atoms with van der Waals surface area (Å²) >= 11 is 0. The second kappa shape index (κ2) is 5.92. The van der Waals surface area contributed by atoms with Crippen LogP contribution in [0.4, 0.5) is 5.69 Å². The third kappa shape index (κ3) is 3.05. The van der Waals surface area contributed by atoms with Gasteiger partial charge in [0, 0.05) is 30.9 Å². The molecule has 0 unspecified atom stereocenters. The van der Waals surface area contributed by atoms with Crippen LogP contribution in [0.2, 0.25) is 0 Å². The molecule has 98 valence electrons. The maximum Gasteiger partial charge on any atom is 0.313 e. The van der Waals surface area contributed by atoms with Crippen molar-refractivity contribution >= 4 is 28.3 Å². The lowest BCUT2D eigenvalue weighted by atomic mass is 10.1. The number of hydrogen-bond acceptors (Lipinski definition) is 4. The van der Waals surface area contributed by atoms with E-state index in [9.17, 15) is 9.59 Å². The van der Waals surface area contributed by atoms with Gasteiger partial charge < -0.3 is 16.4 Å². The fourth-order valence-electron chi connectivity index (χ4n) is 1.67. The van der Waals surface area contributed by atoms with E-state index >= 15 is 0 Å². The number of pyridine rings is 1. The van der Waals surface area contributed by atoms with Crippen LogP contribution in [-0.4, -0.2) is 29.9 Å². The maximum atomic E-state index is 11.7. The molecule has 0 spiro atoms. The van der Waals surface area contributed by atoms with Gasteiger partial charge in [-0.05, 0) is 17.5 Å². The summed E-state index contributed by atoms with van der Waals surface area (Å²) in [5.74, 6) is -1.42. The highest BCUT2D eigenvalue weighted by Gasteiger charge is 2.13. The Morgan fingerprint density at radius 1 is 1.21 bits per heavy atom. The quantitative estimate of drug-likeness (QED) is 0.687. The minimum absolute atomic E-state index is 0.267. The van der Waals surface area contributed by atoms with E-state index in [4.69, 9.17) is 5.73 Å².